The van der Waals surface area contributed by atoms with Crippen LogP contribution >= 0.6 is 0 Å². The van der Waals surface area contributed by atoms with Crippen molar-refractivity contribution >= 4 is 11.6 Å². The van der Waals surface area contributed by atoms with Gasteiger partial charge in [0.2, 0.25) is 5.91 Å². The van der Waals surface area contributed by atoms with E-state index in [-0.39, 0.29) is 29.6 Å². The maximum Gasteiger partial charge on any atom is 0.226 e. The molecular weight excluding hydrogens is 350 g/mol. The van der Waals surface area contributed by atoms with E-state index in [1.807, 2.05) is 0 Å². The van der Waals surface area contributed by atoms with Gasteiger partial charge >= 0.3 is 0 Å². The van der Waals surface area contributed by atoms with Gasteiger partial charge in [0.05, 0.1) is 12.3 Å². The SMILES string of the molecule is O=C(C1CC1)N(Cc1ccc(F)cc1)C[C@H]1CC(c2cccc(F)c2)=NO1. The number of halogens is 2. The standard InChI is InChI=1S/C21H20F2N2O2/c22-17-8-4-14(5-9-17)12-25(21(26)15-6-7-15)13-19-11-20(24-27-19)16-2-1-3-18(23)10-16/h1-5,8-10,15,19H,6-7,11-13H2/t19-/m1/s1. The van der Waals surface area contributed by atoms with Gasteiger partial charge in [0.1, 0.15) is 11.6 Å². The van der Waals surface area contributed by atoms with Gasteiger partial charge in [-0.15, -0.1) is 0 Å². The molecule has 0 saturated heterocycles. The Balaban J connectivity index is 1.43. The third-order valence-corrected chi connectivity index (χ3v) is 4.84. The number of amides is 1. The van der Waals surface area contributed by atoms with E-state index in [1.54, 1.807) is 29.2 Å². The number of rotatable bonds is 6. The van der Waals surface area contributed by atoms with Gasteiger partial charge in [-0.1, -0.05) is 29.4 Å². The fourth-order valence-corrected chi connectivity index (χ4v) is 3.24. The van der Waals surface area contributed by atoms with E-state index in [0.717, 1.165) is 18.4 Å². The van der Waals surface area contributed by atoms with Crippen LogP contribution in [0.5, 0.6) is 0 Å². The van der Waals surface area contributed by atoms with E-state index in [4.69, 9.17) is 4.84 Å². The normalized spacial score (nSPS) is 18.7. The summed E-state index contributed by atoms with van der Waals surface area (Å²) in [5.74, 6) is -0.441. The van der Waals surface area contributed by atoms with Crippen LogP contribution < -0.4 is 0 Å². The highest BCUT2D eigenvalue weighted by Gasteiger charge is 2.35. The summed E-state index contributed by atoms with van der Waals surface area (Å²) in [6.45, 7) is 0.805. The Morgan fingerprint density at radius 3 is 2.59 bits per heavy atom. The number of benzene rings is 2. The molecule has 1 amide bonds. The summed E-state index contributed by atoms with van der Waals surface area (Å²) >= 11 is 0. The summed E-state index contributed by atoms with van der Waals surface area (Å²) in [7, 11) is 0. The van der Waals surface area contributed by atoms with Crippen LogP contribution in [-0.4, -0.2) is 29.2 Å². The molecule has 0 N–H and O–H groups in total. The van der Waals surface area contributed by atoms with Gasteiger partial charge in [-0.3, -0.25) is 4.79 Å². The quantitative estimate of drug-likeness (QED) is 0.774. The maximum atomic E-state index is 13.4. The lowest BCUT2D eigenvalue weighted by atomic mass is 10.0. The van der Waals surface area contributed by atoms with Crippen LogP contribution in [0.4, 0.5) is 8.78 Å². The fraction of sp³-hybridized carbons (Fsp3) is 0.333. The van der Waals surface area contributed by atoms with Crippen molar-refractivity contribution < 1.29 is 18.4 Å². The largest absolute Gasteiger partial charge is 0.390 e. The molecular formula is C21H20F2N2O2. The van der Waals surface area contributed by atoms with Crippen molar-refractivity contribution in [1.29, 1.82) is 0 Å². The van der Waals surface area contributed by atoms with Crippen molar-refractivity contribution in [2.24, 2.45) is 11.1 Å². The first kappa shape index (κ1) is 17.6. The lowest BCUT2D eigenvalue weighted by Crippen LogP contribution is -2.38. The summed E-state index contributed by atoms with van der Waals surface area (Å²) in [4.78, 5) is 19.9. The highest BCUT2D eigenvalue weighted by molar-refractivity contribution is 6.01. The molecule has 4 nitrogen and oxygen atoms in total. The second kappa shape index (κ2) is 7.47. The number of oxime groups is 1. The van der Waals surface area contributed by atoms with Crippen molar-refractivity contribution in [2.45, 2.75) is 31.9 Å². The summed E-state index contributed by atoms with van der Waals surface area (Å²) in [5.41, 5.74) is 2.24. The highest BCUT2D eigenvalue weighted by atomic mass is 19.1. The molecule has 2 aliphatic rings. The summed E-state index contributed by atoms with van der Waals surface area (Å²) in [6.07, 6.45) is 2.07. The number of hydrogen-bond acceptors (Lipinski definition) is 3. The van der Waals surface area contributed by atoms with Gasteiger partial charge in [0.15, 0.2) is 6.10 Å². The lowest BCUT2D eigenvalue weighted by Gasteiger charge is -2.25. The van der Waals surface area contributed by atoms with E-state index in [0.29, 0.717) is 30.8 Å². The molecule has 0 aromatic heterocycles. The molecule has 0 radical (unpaired) electrons. The second-order valence-corrected chi connectivity index (χ2v) is 7.10. The zero-order chi connectivity index (χ0) is 18.8. The molecule has 6 heteroatoms. The van der Waals surface area contributed by atoms with E-state index in [9.17, 15) is 13.6 Å². The van der Waals surface area contributed by atoms with Crippen molar-refractivity contribution in [2.75, 3.05) is 6.54 Å². The van der Waals surface area contributed by atoms with Gasteiger partial charge in [-0.05, 0) is 42.7 Å². The van der Waals surface area contributed by atoms with Crippen molar-refractivity contribution in [1.82, 2.24) is 4.90 Å². The summed E-state index contributed by atoms with van der Waals surface area (Å²) in [6, 6.07) is 12.4. The monoisotopic (exact) mass is 370 g/mol. The molecule has 27 heavy (non-hydrogen) atoms. The average Bonchev–Trinajstić information content (AvgIpc) is 3.41. The van der Waals surface area contributed by atoms with Crippen LogP contribution in [0.1, 0.15) is 30.4 Å². The molecule has 140 valence electrons. The molecule has 0 unspecified atom stereocenters. The predicted octanol–water partition coefficient (Wildman–Crippen LogP) is 3.90. The molecule has 2 aromatic carbocycles. The minimum absolute atomic E-state index is 0.0791. The smallest absolute Gasteiger partial charge is 0.226 e. The Hall–Kier alpha value is -2.76. The number of carbonyl (C=O) groups excluding carboxylic acids is 1. The number of nitrogens with zero attached hydrogens (tertiary/aromatic N) is 2. The fourth-order valence-electron chi connectivity index (χ4n) is 3.24. The Labute approximate surface area is 156 Å². The van der Waals surface area contributed by atoms with E-state index >= 15 is 0 Å². The zero-order valence-corrected chi connectivity index (χ0v) is 14.8. The molecule has 1 fully saturated rings. The van der Waals surface area contributed by atoms with Crippen LogP contribution in [0.15, 0.2) is 53.7 Å². The molecule has 1 heterocycles. The lowest BCUT2D eigenvalue weighted by molar-refractivity contribution is -0.135. The molecule has 0 spiro atoms. The van der Waals surface area contributed by atoms with Gasteiger partial charge in [-0.2, -0.15) is 0 Å². The van der Waals surface area contributed by atoms with E-state index < -0.39 is 0 Å². The van der Waals surface area contributed by atoms with Crippen LogP contribution in [-0.2, 0) is 16.2 Å². The minimum Gasteiger partial charge on any atom is -0.390 e. The molecule has 1 atom stereocenters. The highest BCUT2D eigenvalue weighted by Crippen LogP contribution is 2.32. The maximum absolute atomic E-state index is 13.4. The van der Waals surface area contributed by atoms with Crippen LogP contribution in [0.2, 0.25) is 0 Å². The summed E-state index contributed by atoms with van der Waals surface area (Å²) < 4.78 is 26.6. The van der Waals surface area contributed by atoms with Crippen LogP contribution in [0.25, 0.3) is 0 Å². The Morgan fingerprint density at radius 2 is 1.89 bits per heavy atom. The van der Waals surface area contributed by atoms with Crippen LogP contribution in [0, 0.1) is 17.6 Å². The molecule has 0 bridgehead atoms. The number of carbonyl (C=O) groups is 1. The van der Waals surface area contributed by atoms with Gasteiger partial charge in [-0.25, -0.2) is 8.78 Å². The molecule has 1 saturated carbocycles. The Bertz CT molecular complexity index is 863. The van der Waals surface area contributed by atoms with E-state index in [1.165, 1.54) is 24.3 Å². The first-order valence-corrected chi connectivity index (χ1v) is 9.10. The average molecular weight is 370 g/mol. The van der Waals surface area contributed by atoms with Crippen molar-refractivity contribution in [3.8, 4) is 0 Å². The summed E-state index contributed by atoms with van der Waals surface area (Å²) in [5, 5.41) is 4.08. The molecule has 1 aliphatic carbocycles. The third-order valence-electron chi connectivity index (χ3n) is 4.84. The van der Waals surface area contributed by atoms with Crippen molar-refractivity contribution in [3.05, 3.63) is 71.3 Å². The minimum atomic E-state index is -0.319. The van der Waals surface area contributed by atoms with Gasteiger partial charge < -0.3 is 9.74 Å². The Kier molecular flexibility index (Phi) is 4.88. The molecule has 4 rings (SSSR count). The second-order valence-electron chi connectivity index (χ2n) is 7.10. The molecule has 1 aliphatic heterocycles. The first-order chi connectivity index (χ1) is 13.1. The molecule has 2 aromatic rings. The predicted molar refractivity (Wildman–Crippen MR) is 97.0 cm³/mol. The third kappa shape index (κ3) is 4.32. The van der Waals surface area contributed by atoms with Gasteiger partial charge in [0.25, 0.3) is 0 Å². The van der Waals surface area contributed by atoms with Crippen LogP contribution in [0.3, 0.4) is 0 Å². The first-order valence-electron chi connectivity index (χ1n) is 9.10. The zero-order valence-electron chi connectivity index (χ0n) is 14.8. The van der Waals surface area contributed by atoms with Crippen molar-refractivity contribution in [3.63, 3.8) is 0 Å². The Morgan fingerprint density at radius 1 is 1.11 bits per heavy atom. The number of hydrogen-bond donors (Lipinski definition) is 0. The topological polar surface area (TPSA) is 41.9 Å². The van der Waals surface area contributed by atoms with E-state index in [2.05, 4.69) is 5.16 Å². The van der Waals surface area contributed by atoms with Gasteiger partial charge in [0, 0.05) is 24.4 Å².